The van der Waals surface area contributed by atoms with Crippen molar-refractivity contribution in [3.8, 4) is 5.75 Å². The van der Waals surface area contributed by atoms with Gasteiger partial charge in [0.1, 0.15) is 18.2 Å². The molecule has 0 saturated carbocycles. The number of nitrogens with zero attached hydrogens (tertiary/aromatic N) is 4. The zero-order chi connectivity index (χ0) is 23.9. The normalized spacial score (nSPS) is 11.3. The fourth-order valence-corrected chi connectivity index (χ4v) is 3.83. The molecule has 0 aliphatic heterocycles. The van der Waals surface area contributed by atoms with Crippen molar-refractivity contribution in [2.24, 2.45) is 5.92 Å². The first-order valence-electron chi connectivity index (χ1n) is 11.8. The minimum absolute atomic E-state index is 0.116. The monoisotopic (exact) mass is 460 g/mol. The van der Waals surface area contributed by atoms with Gasteiger partial charge in [0.25, 0.3) is 0 Å². The predicted molar refractivity (Wildman–Crippen MR) is 134 cm³/mol. The van der Waals surface area contributed by atoms with Gasteiger partial charge >= 0.3 is 0 Å². The van der Waals surface area contributed by atoms with Crippen molar-refractivity contribution in [2.75, 3.05) is 18.4 Å². The number of unbranched alkanes of at least 4 members (excludes halogenated alkanes) is 1. The summed E-state index contributed by atoms with van der Waals surface area (Å²) in [5, 5.41) is 15.0. The Morgan fingerprint density at radius 3 is 2.65 bits per heavy atom. The van der Waals surface area contributed by atoms with Crippen molar-refractivity contribution in [3.05, 3.63) is 59.9 Å². The lowest BCUT2D eigenvalue weighted by Gasteiger charge is -2.12. The minimum Gasteiger partial charge on any atom is -0.489 e. The van der Waals surface area contributed by atoms with Crippen LogP contribution in [0.3, 0.4) is 0 Å². The summed E-state index contributed by atoms with van der Waals surface area (Å²) >= 11 is 0. The minimum atomic E-state index is 0.116. The van der Waals surface area contributed by atoms with Crippen LogP contribution < -0.4 is 15.4 Å². The second-order valence-corrected chi connectivity index (χ2v) is 8.87. The quantitative estimate of drug-likeness (QED) is 0.320. The molecule has 34 heavy (non-hydrogen) atoms. The largest absolute Gasteiger partial charge is 0.489 e. The summed E-state index contributed by atoms with van der Waals surface area (Å²) in [6.45, 7) is 7.93. The molecule has 4 rings (SSSR count). The van der Waals surface area contributed by atoms with Gasteiger partial charge in [-0.2, -0.15) is 0 Å². The van der Waals surface area contributed by atoms with Crippen LogP contribution >= 0.6 is 0 Å². The van der Waals surface area contributed by atoms with Crippen molar-refractivity contribution >= 4 is 28.4 Å². The van der Waals surface area contributed by atoms with Crippen molar-refractivity contribution in [2.45, 2.75) is 46.6 Å². The number of ether oxygens (including phenoxy) is 1. The Morgan fingerprint density at radius 1 is 1.06 bits per heavy atom. The maximum atomic E-state index is 11.8. The molecule has 0 saturated heterocycles. The molecule has 0 bridgehead atoms. The SMILES string of the molecule is Cc1nnc2c(NCCCCNC(=O)CC(C)C)nc3cc(OCc4ccccc4)ccc3n12. The Morgan fingerprint density at radius 2 is 1.85 bits per heavy atom. The van der Waals surface area contributed by atoms with Crippen LogP contribution in [0, 0.1) is 12.8 Å². The highest BCUT2D eigenvalue weighted by Gasteiger charge is 2.13. The zero-order valence-corrected chi connectivity index (χ0v) is 20.0. The van der Waals surface area contributed by atoms with E-state index in [0.717, 1.165) is 47.6 Å². The lowest BCUT2D eigenvalue weighted by Crippen LogP contribution is -2.25. The van der Waals surface area contributed by atoms with E-state index in [1.54, 1.807) is 0 Å². The summed E-state index contributed by atoms with van der Waals surface area (Å²) in [6.07, 6.45) is 2.37. The van der Waals surface area contributed by atoms with Crippen LogP contribution in [0.15, 0.2) is 48.5 Å². The number of nitrogens with one attached hydrogen (secondary N) is 2. The number of hydrogen-bond acceptors (Lipinski definition) is 6. The van der Waals surface area contributed by atoms with Gasteiger partial charge in [0.05, 0.1) is 11.0 Å². The third-order valence-electron chi connectivity index (χ3n) is 5.52. The number of fused-ring (bicyclic) bond motifs is 3. The van der Waals surface area contributed by atoms with Gasteiger partial charge in [-0.3, -0.25) is 9.20 Å². The van der Waals surface area contributed by atoms with Gasteiger partial charge < -0.3 is 15.4 Å². The van der Waals surface area contributed by atoms with E-state index in [0.29, 0.717) is 37.0 Å². The smallest absolute Gasteiger partial charge is 0.220 e. The molecular weight excluding hydrogens is 428 g/mol. The van der Waals surface area contributed by atoms with E-state index in [2.05, 4.69) is 20.8 Å². The first-order valence-corrected chi connectivity index (χ1v) is 11.8. The van der Waals surface area contributed by atoms with Gasteiger partial charge in [-0.1, -0.05) is 44.2 Å². The van der Waals surface area contributed by atoms with Crippen molar-refractivity contribution in [1.82, 2.24) is 24.9 Å². The molecule has 2 aromatic carbocycles. The first-order chi connectivity index (χ1) is 16.5. The molecule has 178 valence electrons. The standard InChI is InChI=1S/C26H32N6O2/c1-18(2)15-24(33)27-13-7-8-14-28-25-26-31-30-19(3)32(26)23-12-11-21(16-22(23)29-25)34-17-20-9-5-4-6-10-20/h4-6,9-12,16,18H,7-8,13-15,17H2,1-3H3,(H,27,33)(H,28,29). The Hall–Kier alpha value is -3.68. The number of anilines is 1. The highest BCUT2D eigenvalue weighted by Crippen LogP contribution is 2.25. The molecule has 1 amide bonds. The summed E-state index contributed by atoms with van der Waals surface area (Å²) in [5.41, 5.74) is 3.56. The maximum absolute atomic E-state index is 11.8. The second kappa shape index (κ2) is 11.0. The Labute approximate surface area is 199 Å². The number of aryl methyl sites for hydroxylation is 1. The molecule has 2 aromatic heterocycles. The third kappa shape index (κ3) is 5.81. The molecule has 0 spiro atoms. The second-order valence-electron chi connectivity index (χ2n) is 8.87. The van der Waals surface area contributed by atoms with E-state index < -0.39 is 0 Å². The van der Waals surface area contributed by atoms with Crippen molar-refractivity contribution in [3.63, 3.8) is 0 Å². The van der Waals surface area contributed by atoms with E-state index in [4.69, 9.17) is 9.72 Å². The molecule has 4 aromatic rings. The van der Waals surface area contributed by atoms with Crippen molar-refractivity contribution < 1.29 is 9.53 Å². The predicted octanol–water partition coefficient (Wildman–Crippen LogP) is 4.52. The summed E-state index contributed by atoms with van der Waals surface area (Å²) < 4.78 is 8.01. The van der Waals surface area contributed by atoms with Crippen LogP contribution in [0.5, 0.6) is 5.75 Å². The van der Waals surface area contributed by atoms with Crippen molar-refractivity contribution in [1.29, 1.82) is 0 Å². The van der Waals surface area contributed by atoms with Crippen LogP contribution in [0.4, 0.5) is 5.82 Å². The van der Waals surface area contributed by atoms with E-state index in [1.807, 2.05) is 73.7 Å². The molecule has 2 heterocycles. The average Bonchev–Trinajstić information content (AvgIpc) is 3.22. The summed E-state index contributed by atoms with van der Waals surface area (Å²) in [6, 6.07) is 16.0. The van der Waals surface area contributed by atoms with Gasteiger partial charge in [0.15, 0.2) is 5.82 Å². The number of hydrogen-bond donors (Lipinski definition) is 2. The number of amides is 1. The molecule has 0 fully saturated rings. The molecule has 0 aliphatic rings. The Bertz CT molecular complexity index is 1250. The van der Waals surface area contributed by atoms with Crippen LogP contribution in [0.2, 0.25) is 0 Å². The van der Waals surface area contributed by atoms with Gasteiger partial charge in [-0.05, 0) is 43.4 Å². The topological polar surface area (TPSA) is 93.4 Å². The van der Waals surface area contributed by atoms with Crippen LogP contribution in [0.25, 0.3) is 16.7 Å². The molecule has 8 heteroatoms. The summed E-state index contributed by atoms with van der Waals surface area (Å²) in [7, 11) is 0. The first kappa shape index (κ1) is 23.5. The highest BCUT2D eigenvalue weighted by atomic mass is 16.5. The zero-order valence-electron chi connectivity index (χ0n) is 20.0. The van der Waals surface area contributed by atoms with Gasteiger partial charge in [-0.25, -0.2) is 4.98 Å². The van der Waals surface area contributed by atoms with E-state index in [-0.39, 0.29) is 5.91 Å². The fourth-order valence-electron chi connectivity index (χ4n) is 3.83. The van der Waals surface area contributed by atoms with Crippen LogP contribution in [0.1, 0.15) is 44.5 Å². The molecule has 0 atom stereocenters. The number of aromatic nitrogens is 4. The number of rotatable bonds is 11. The van der Waals surface area contributed by atoms with Crippen LogP contribution in [-0.2, 0) is 11.4 Å². The lowest BCUT2D eigenvalue weighted by atomic mass is 10.1. The van der Waals surface area contributed by atoms with E-state index >= 15 is 0 Å². The van der Waals surface area contributed by atoms with E-state index in [9.17, 15) is 4.79 Å². The molecule has 0 unspecified atom stereocenters. The fraction of sp³-hybridized carbons (Fsp3) is 0.385. The number of carbonyl (C=O) groups excluding carboxylic acids is 1. The summed E-state index contributed by atoms with van der Waals surface area (Å²) in [5.74, 6) is 2.74. The van der Waals surface area contributed by atoms with Gasteiger partial charge in [0, 0.05) is 25.6 Å². The van der Waals surface area contributed by atoms with Crippen LogP contribution in [-0.4, -0.2) is 38.6 Å². The molecule has 8 nitrogen and oxygen atoms in total. The Kier molecular flexibility index (Phi) is 7.57. The molecule has 0 radical (unpaired) electrons. The molecular formula is C26H32N6O2. The number of carbonyl (C=O) groups is 1. The maximum Gasteiger partial charge on any atom is 0.220 e. The van der Waals surface area contributed by atoms with Gasteiger partial charge in [-0.15, -0.1) is 10.2 Å². The Balaban J connectivity index is 1.42. The highest BCUT2D eigenvalue weighted by molar-refractivity contribution is 5.84. The van der Waals surface area contributed by atoms with Gasteiger partial charge in [0.2, 0.25) is 11.6 Å². The number of benzene rings is 2. The average molecular weight is 461 g/mol. The lowest BCUT2D eigenvalue weighted by molar-refractivity contribution is -0.121. The van der Waals surface area contributed by atoms with E-state index in [1.165, 1.54) is 0 Å². The molecule has 2 N–H and O–H groups in total. The third-order valence-corrected chi connectivity index (χ3v) is 5.52. The summed E-state index contributed by atoms with van der Waals surface area (Å²) in [4.78, 5) is 16.6. The molecule has 0 aliphatic carbocycles.